The molecule has 1 fully saturated rings. The summed E-state index contributed by atoms with van der Waals surface area (Å²) in [6.07, 6.45) is 3.04. The van der Waals surface area contributed by atoms with Crippen LogP contribution in [0.5, 0.6) is 0 Å². The standard InChI is InChI=1S/C19H21N3OS/c20-13-16-12-18(24-14-16)19(23)21-17-7-10-22(11-8-17)9-6-15-4-2-1-3-5-15/h1-5,12,14,17H,6-11H2,(H,21,23). The topological polar surface area (TPSA) is 56.1 Å². The van der Waals surface area contributed by atoms with Crippen LogP contribution in [-0.2, 0) is 6.42 Å². The van der Waals surface area contributed by atoms with Crippen LogP contribution in [0.25, 0.3) is 0 Å². The molecule has 0 atom stereocenters. The quantitative estimate of drug-likeness (QED) is 0.911. The highest BCUT2D eigenvalue weighted by Gasteiger charge is 2.21. The van der Waals surface area contributed by atoms with Crippen LogP contribution in [0.15, 0.2) is 41.8 Å². The molecule has 3 rings (SSSR count). The van der Waals surface area contributed by atoms with Crippen LogP contribution in [0, 0.1) is 11.3 Å². The molecule has 1 aliphatic heterocycles. The van der Waals surface area contributed by atoms with Crippen LogP contribution in [0.1, 0.15) is 33.6 Å². The first-order valence-corrected chi connectivity index (χ1v) is 9.18. The molecular formula is C19H21N3OS. The third-order valence-corrected chi connectivity index (χ3v) is 5.36. The van der Waals surface area contributed by atoms with Gasteiger partial charge in [-0.3, -0.25) is 4.79 Å². The number of piperidine rings is 1. The summed E-state index contributed by atoms with van der Waals surface area (Å²) in [5.74, 6) is -0.0516. The number of nitrogens with zero attached hydrogens (tertiary/aromatic N) is 2. The van der Waals surface area contributed by atoms with Gasteiger partial charge in [0, 0.05) is 31.1 Å². The van der Waals surface area contributed by atoms with E-state index in [1.165, 1.54) is 16.9 Å². The van der Waals surface area contributed by atoms with Gasteiger partial charge in [-0.05, 0) is 30.9 Å². The minimum absolute atomic E-state index is 0.0516. The zero-order valence-corrected chi connectivity index (χ0v) is 14.4. The van der Waals surface area contributed by atoms with E-state index in [4.69, 9.17) is 5.26 Å². The summed E-state index contributed by atoms with van der Waals surface area (Å²) in [6.45, 7) is 3.11. The summed E-state index contributed by atoms with van der Waals surface area (Å²) in [5.41, 5.74) is 1.93. The van der Waals surface area contributed by atoms with E-state index < -0.39 is 0 Å². The first-order chi connectivity index (χ1) is 11.7. The van der Waals surface area contributed by atoms with Crippen LogP contribution < -0.4 is 5.32 Å². The van der Waals surface area contributed by atoms with E-state index in [0.29, 0.717) is 10.4 Å². The highest BCUT2D eigenvalue weighted by atomic mass is 32.1. The van der Waals surface area contributed by atoms with Crippen LogP contribution in [0.4, 0.5) is 0 Å². The van der Waals surface area contributed by atoms with Gasteiger partial charge in [-0.1, -0.05) is 30.3 Å². The first kappa shape index (κ1) is 16.7. The lowest BCUT2D eigenvalue weighted by Crippen LogP contribution is -2.45. The molecule has 0 spiro atoms. The van der Waals surface area contributed by atoms with E-state index >= 15 is 0 Å². The third kappa shape index (κ3) is 4.44. The maximum Gasteiger partial charge on any atom is 0.261 e. The van der Waals surface area contributed by atoms with Crippen molar-refractivity contribution in [2.75, 3.05) is 19.6 Å². The van der Waals surface area contributed by atoms with Crippen molar-refractivity contribution < 1.29 is 4.79 Å². The van der Waals surface area contributed by atoms with Crippen molar-refractivity contribution in [3.8, 4) is 6.07 Å². The molecule has 1 aliphatic rings. The number of hydrogen-bond donors (Lipinski definition) is 1. The Labute approximate surface area is 146 Å². The zero-order valence-electron chi connectivity index (χ0n) is 13.6. The molecule has 0 bridgehead atoms. The van der Waals surface area contributed by atoms with E-state index in [1.807, 2.05) is 6.07 Å². The number of nitrogens with one attached hydrogen (secondary N) is 1. The molecule has 0 unspecified atom stereocenters. The molecule has 24 heavy (non-hydrogen) atoms. The Hall–Kier alpha value is -2.16. The predicted octanol–water partition coefficient (Wildman–Crippen LogP) is 3.06. The predicted molar refractivity (Wildman–Crippen MR) is 96.1 cm³/mol. The molecule has 2 heterocycles. The lowest BCUT2D eigenvalue weighted by atomic mass is 10.0. The highest BCUT2D eigenvalue weighted by molar-refractivity contribution is 7.12. The van der Waals surface area contributed by atoms with Crippen molar-refractivity contribution >= 4 is 17.2 Å². The number of carbonyl (C=O) groups excluding carboxylic acids is 1. The average molecular weight is 339 g/mol. The number of rotatable bonds is 5. The summed E-state index contributed by atoms with van der Waals surface area (Å²) >= 11 is 1.33. The van der Waals surface area contributed by atoms with Gasteiger partial charge in [-0.25, -0.2) is 0 Å². The lowest BCUT2D eigenvalue weighted by molar-refractivity contribution is 0.0915. The molecule has 1 N–H and O–H groups in total. The second-order valence-corrected chi connectivity index (χ2v) is 7.05. The monoisotopic (exact) mass is 339 g/mol. The molecule has 4 nitrogen and oxygen atoms in total. The highest BCUT2D eigenvalue weighted by Crippen LogP contribution is 2.16. The van der Waals surface area contributed by atoms with E-state index in [2.05, 4.69) is 40.6 Å². The van der Waals surface area contributed by atoms with Gasteiger partial charge in [-0.15, -0.1) is 11.3 Å². The number of hydrogen-bond acceptors (Lipinski definition) is 4. The van der Waals surface area contributed by atoms with Gasteiger partial charge < -0.3 is 10.2 Å². The molecule has 5 heteroatoms. The Morgan fingerprint density at radius 3 is 2.71 bits per heavy atom. The number of likely N-dealkylation sites (tertiary alicyclic amines) is 1. The van der Waals surface area contributed by atoms with Gasteiger partial charge in [0.05, 0.1) is 10.4 Å². The maximum atomic E-state index is 12.2. The summed E-state index contributed by atoms with van der Waals surface area (Å²) in [7, 11) is 0. The van der Waals surface area contributed by atoms with E-state index in [9.17, 15) is 4.79 Å². The Kier molecular flexibility index (Phi) is 5.63. The second kappa shape index (κ2) is 8.09. The van der Waals surface area contributed by atoms with Crippen molar-refractivity contribution in [1.29, 1.82) is 5.26 Å². The first-order valence-electron chi connectivity index (χ1n) is 8.30. The van der Waals surface area contributed by atoms with Crippen molar-refractivity contribution in [2.24, 2.45) is 0 Å². The number of thiophene rings is 1. The Morgan fingerprint density at radius 1 is 1.29 bits per heavy atom. The van der Waals surface area contributed by atoms with E-state index in [-0.39, 0.29) is 11.9 Å². The number of nitriles is 1. The largest absolute Gasteiger partial charge is 0.349 e. The van der Waals surface area contributed by atoms with Crippen molar-refractivity contribution in [2.45, 2.75) is 25.3 Å². The molecule has 1 aromatic carbocycles. The van der Waals surface area contributed by atoms with Gasteiger partial charge in [0.25, 0.3) is 5.91 Å². The fourth-order valence-electron chi connectivity index (χ4n) is 3.00. The van der Waals surface area contributed by atoms with E-state index in [1.54, 1.807) is 11.4 Å². The number of carbonyl (C=O) groups is 1. The molecule has 1 aromatic heterocycles. The number of amides is 1. The minimum atomic E-state index is -0.0516. The van der Waals surface area contributed by atoms with Gasteiger partial charge in [-0.2, -0.15) is 5.26 Å². The second-order valence-electron chi connectivity index (χ2n) is 6.14. The van der Waals surface area contributed by atoms with Gasteiger partial charge in [0.2, 0.25) is 0 Å². The normalized spacial score (nSPS) is 15.8. The Bertz CT molecular complexity index is 712. The maximum absolute atomic E-state index is 12.2. The van der Waals surface area contributed by atoms with Crippen LogP contribution in [0.3, 0.4) is 0 Å². The average Bonchev–Trinajstić information content (AvgIpc) is 3.11. The van der Waals surface area contributed by atoms with Crippen LogP contribution >= 0.6 is 11.3 Å². The fraction of sp³-hybridized carbons (Fsp3) is 0.368. The molecule has 124 valence electrons. The smallest absolute Gasteiger partial charge is 0.261 e. The van der Waals surface area contributed by atoms with Crippen LogP contribution in [0.2, 0.25) is 0 Å². The van der Waals surface area contributed by atoms with Gasteiger partial charge >= 0.3 is 0 Å². The summed E-state index contributed by atoms with van der Waals surface area (Å²) in [4.78, 5) is 15.3. The molecular weight excluding hydrogens is 318 g/mol. The minimum Gasteiger partial charge on any atom is -0.349 e. The summed E-state index contributed by atoms with van der Waals surface area (Å²) in [5, 5.41) is 13.7. The van der Waals surface area contributed by atoms with Crippen molar-refractivity contribution in [3.05, 3.63) is 57.8 Å². The Balaban J connectivity index is 1.42. The lowest BCUT2D eigenvalue weighted by Gasteiger charge is -2.32. The van der Waals surface area contributed by atoms with Gasteiger partial charge in [0.1, 0.15) is 6.07 Å². The van der Waals surface area contributed by atoms with Crippen molar-refractivity contribution in [1.82, 2.24) is 10.2 Å². The molecule has 0 radical (unpaired) electrons. The molecule has 0 aliphatic carbocycles. The molecule has 2 aromatic rings. The van der Waals surface area contributed by atoms with Crippen LogP contribution in [-0.4, -0.2) is 36.5 Å². The number of benzene rings is 1. The SMILES string of the molecule is N#Cc1csc(C(=O)NC2CCN(CCc3ccccc3)CC2)c1. The molecule has 0 saturated carbocycles. The van der Waals surface area contributed by atoms with Gasteiger partial charge in [0.15, 0.2) is 0 Å². The van der Waals surface area contributed by atoms with Crippen molar-refractivity contribution in [3.63, 3.8) is 0 Å². The van der Waals surface area contributed by atoms with E-state index in [0.717, 1.165) is 38.9 Å². The molecule has 1 saturated heterocycles. The summed E-state index contributed by atoms with van der Waals surface area (Å²) < 4.78 is 0. The molecule has 1 amide bonds. The fourth-order valence-corrected chi connectivity index (χ4v) is 3.74. The zero-order chi connectivity index (χ0) is 16.8. The third-order valence-electron chi connectivity index (χ3n) is 4.43. The Morgan fingerprint density at radius 2 is 2.04 bits per heavy atom. The summed E-state index contributed by atoms with van der Waals surface area (Å²) in [6, 6.07) is 14.5.